The first-order valence-electron chi connectivity index (χ1n) is 3.67. The first kappa shape index (κ1) is 12.9. The molecule has 0 saturated heterocycles. The Morgan fingerprint density at radius 2 is 2.19 bits per heavy atom. The van der Waals surface area contributed by atoms with Gasteiger partial charge in [0, 0.05) is 0 Å². The quantitative estimate of drug-likeness (QED) is 0.488. The van der Waals surface area contributed by atoms with Crippen LogP contribution in [0.1, 0.15) is 22.5 Å². The third-order valence-electron chi connectivity index (χ3n) is 1.64. The molecule has 0 saturated carbocycles. The molecular formula is C7H2BrClF2N2O3. The predicted octanol–water partition coefficient (Wildman–Crippen LogP) is 3.07. The van der Waals surface area contributed by atoms with E-state index in [1.807, 2.05) is 0 Å². The van der Waals surface area contributed by atoms with Crippen molar-refractivity contribution in [2.45, 2.75) is 6.43 Å². The minimum absolute atomic E-state index is 0.461. The van der Waals surface area contributed by atoms with E-state index in [0.717, 1.165) is 0 Å². The number of nitrogens with zero attached hydrogens (tertiary/aromatic N) is 2. The number of hydrogen-bond acceptors (Lipinski definition) is 4. The summed E-state index contributed by atoms with van der Waals surface area (Å²) in [5.41, 5.74) is -2.27. The zero-order valence-corrected chi connectivity index (χ0v) is 9.63. The van der Waals surface area contributed by atoms with Crippen molar-refractivity contribution in [1.29, 1.82) is 0 Å². The van der Waals surface area contributed by atoms with E-state index in [9.17, 15) is 23.7 Å². The number of pyridine rings is 1. The van der Waals surface area contributed by atoms with Gasteiger partial charge in [-0.15, -0.1) is 0 Å². The highest BCUT2D eigenvalue weighted by Gasteiger charge is 2.29. The SMILES string of the molecule is O=C(Cl)c1ncc([N+](=O)[O-])c(C(F)F)c1Br. The highest BCUT2D eigenvalue weighted by Crippen LogP contribution is 2.36. The van der Waals surface area contributed by atoms with Crippen LogP contribution in [0.3, 0.4) is 0 Å². The predicted molar refractivity (Wildman–Crippen MR) is 53.7 cm³/mol. The van der Waals surface area contributed by atoms with Crippen molar-refractivity contribution in [1.82, 2.24) is 4.98 Å². The summed E-state index contributed by atoms with van der Waals surface area (Å²) in [6.45, 7) is 0. The number of rotatable bonds is 3. The van der Waals surface area contributed by atoms with E-state index in [4.69, 9.17) is 11.6 Å². The number of nitro groups is 1. The van der Waals surface area contributed by atoms with Gasteiger partial charge in [0.05, 0.1) is 9.40 Å². The fourth-order valence-corrected chi connectivity index (χ4v) is 1.90. The second-order valence-electron chi connectivity index (χ2n) is 2.55. The number of aromatic nitrogens is 1. The smallest absolute Gasteiger partial charge is 0.274 e. The maximum atomic E-state index is 12.6. The molecule has 0 spiro atoms. The van der Waals surface area contributed by atoms with Gasteiger partial charge in [0.1, 0.15) is 17.5 Å². The Hall–Kier alpha value is -1.15. The first-order valence-corrected chi connectivity index (χ1v) is 4.84. The lowest BCUT2D eigenvalue weighted by atomic mass is 10.2. The lowest BCUT2D eigenvalue weighted by Gasteiger charge is -2.06. The highest BCUT2D eigenvalue weighted by atomic mass is 79.9. The molecule has 86 valence electrons. The molecule has 0 amide bonds. The van der Waals surface area contributed by atoms with Crippen LogP contribution in [0.5, 0.6) is 0 Å². The summed E-state index contributed by atoms with van der Waals surface area (Å²) in [6, 6.07) is 0. The van der Waals surface area contributed by atoms with Crippen LogP contribution in [0.4, 0.5) is 14.5 Å². The van der Waals surface area contributed by atoms with Crippen LogP contribution in [-0.2, 0) is 0 Å². The van der Waals surface area contributed by atoms with Crippen LogP contribution in [0, 0.1) is 10.1 Å². The molecule has 0 aliphatic rings. The molecule has 1 heterocycles. The minimum atomic E-state index is -3.12. The van der Waals surface area contributed by atoms with Crippen LogP contribution in [0.25, 0.3) is 0 Å². The maximum absolute atomic E-state index is 12.6. The van der Waals surface area contributed by atoms with Gasteiger partial charge >= 0.3 is 0 Å². The summed E-state index contributed by atoms with van der Waals surface area (Å²) in [7, 11) is 0. The Kier molecular flexibility index (Phi) is 3.87. The van der Waals surface area contributed by atoms with Gasteiger partial charge in [-0.1, -0.05) is 0 Å². The summed E-state index contributed by atoms with van der Waals surface area (Å²) in [6.07, 6.45) is -2.55. The van der Waals surface area contributed by atoms with E-state index in [1.54, 1.807) is 0 Å². The average Bonchev–Trinajstić information content (AvgIpc) is 2.15. The van der Waals surface area contributed by atoms with Crippen LogP contribution in [0.15, 0.2) is 10.7 Å². The minimum Gasteiger partial charge on any atom is -0.274 e. The van der Waals surface area contributed by atoms with Crippen LogP contribution >= 0.6 is 27.5 Å². The molecular weight excluding hydrogens is 313 g/mol. The van der Waals surface area contributed by atoms with Crippen molar-refractivity contribution in [3.63, 3.8) is 0 Å². The van der Waals surface area contributed by atoms with E-state index < -0.39 is 38.0 Å². The highest BCUT2D eigenvalue weighted by molar-refractivity contribution is 9.10. The van der Waals surface area contributed by atoms with Gasteiger partial charge in [-0.3, -0.25) is 14.9 Å². The molecule has 1 aromatic heterocycles. The molecule has 0 unspecified atom stereocenters. The number of carbonyl (C=O) groups excluding carboxylic acids is 1. The summed E-state index contributed by atoms with van der Waals surface area (Å²) in [5, 5.41) is 9.37. The van der Waals surface area contributed by atoms with Crippen molar-refractivity contribution in [3.05, 3.63) is 32.0 Å². The average molecular weight is 315 g/mol. The molecule has 5 nitrogen and oxygen atoms in total. The number of halogens is 4. The Bertz CT molecular complexity index is 469. The lowest BCUT2D eigenvalue weighted by Crippen LogP contribution is -2.04. The van der Waals surface area contributed by atoms with Crippen LogP contribution in [-0.4, -0.2) is 15.1 Å². The Labute approximate surface area is 101 Å². The van der Waals surface area contributed by atoms with Gasteiger partial charge in [-0.25, -0.2) is 13.8 Å². The van der Waals surface area contributed by atoms with Gasteiger partial charge < -0.3 is 0 Å². The molecule has 0 atom stereocenters. The summed E-state index contributed by atoms with van der Waals surface area (Å²) < 4.78 is 24.7. The second-order valence-corrected chi connectivity index (χ2v) is 3.69. The van der Waals surface area contributed by atoms with E-state index in [0.29, 0.717) is 6.20 Å². The molecule has 0 aliphatic heterocycles. The van der Waals surface area contributed by atoms with E-state index in [-0.39, 0.29) is 0 Å². The summed E-state index contributed by atoms with van der Waals surface area (Å²) >= 11 is 7.72. The molecule has 0 aromatic carbocycles. The molecule has 9 heteroatoms. The zero-order chi connectivity index (χ0) is 12.5. The first-order chi connectivity index (χ1) is 7.36. The third-order valence-corrected chi connectivity index (χ3v) is 2.62. The van der Waals surface area contributed by atoms with Crippen LogP contribution < -0.4 is 0 Å². The number of alkyl halides is 2. The number of hydrogen-bond donors (Lipinski definition) is 0. The molecule has 0 N–H and O–H groups in total. The zero-order valence-electron chi connectivity index (χ0n) is 7.29. The molecule has 0 bridgehead atoms. The third kappa shape index (κ3) is 2.33. The van der Waals surface area contributed by atoms with Gasteiger partial charge in [0.2, 0.25) is 0 Å². The molecule has 1 rings (SSSR count). The standard InChI is InChI=1S/C7H2BrClF2N2O3/c8-4-3(7(10)11)2(13(15)16)1-12-5(4)6(9)14/h1,7H. The Morgan fingerprint density at radius 1 is 1.62 bits per heavy atom. The number of carbonyl (C=O) groups is 1. The molecule has 0 aliphatic carbocycles. The largest absolute Gasteiger partial charge is 0.297 e. The van der Waals surface area contributed by atoms with Crippen molar-refractivity contribution in [2.75, 3.05) is 0 Å². The fourth-order valence-electron chi connectivity index (χ4n) is 0.982. The monoisotopic (exact) mass is 314 g/mol. The molecule has 0 radical (unpaired) electrons. The normalized spacial score (nSPS) is 10.6. The van der Waals surface area contributed by atoms with Crippen molar-refractivity contribution >= 4 is 38.5 Å². The van der Waals surface area contributed by atoms with E-state index >= 15 is 0 Å². The Balaban J connectivity index is 3.54. The van der Waals surface area contributed by atoms with E-state index in [2.05, 4.69) is 20.9 Å². The fraction of sp³-hybridized carbons (Fsp3) is 0.143. The van der Waals surface area contributed by atoms with E-state index in [1.165, 1.54) is 0 Å². The van der Waals surface area contributed by atoms with Crippen molar-refractivity contribution in [3.8, 4) is 0 Å². The van der Waals surface area contributed by atoms with Gasteiger partial charge in [0.25, 0.3) is 17.4 Å². The lowest BCUT2D eigenvalue weighted by molar-refractivity contribution is -0.386. The van der Waals surface area contributed by atoms with Crippen LogP contribution in [0.2, 0.25) is 0 Å². The van der Waals surface area contributed by atoms with Crippen molar-refractivity contribution < 1.29 is 18.5 Å². The van der Waals surface area contributed by atoms with Gasteiger partial charge in [-0.05, 0) is 27.5 Å². The second kappa shape index (κ2) is 4.79. The molecule has 1 aromatic rings. The summed E-state index contributed by atoms with van der Waals surface area (Å²) in [4.78, 5) is 23.6. The molecule has 16 heavy (non-hydrogen) atoms. The Morgan fingerprint density at radius 3 is 2.56 bits per heavy atom. The topological polar surface area (TPSA) is 73.1 Å². The van der Waals surface area contributed by atoms with Gasteiger partial charge in [0.15, 0.2) is 0 Å². The molecule has 0 fully saturated rings. The van der Waals surface area contributed by atoms with Crippen molar-refractivity contribution in [2.24, 2.45) is 0 Å². The van der Waals surface area contributed by atoms with Gasteiger partial charge in [-0.2, -0.15) is 0 Å². The summed E-state index contributed by atoms with van der Waals surface area (Å²) in [5.74, 6) is 0. The maximum Gasteiger partial charge on any atom is 0.297 e.